The Hall–Kier alpha value is -3.29. The Balaban J connectivity index is 1.29. The highest BCUT2D eigenvalue weighted by atomic mass is 19.1. The van der Waals surface area contributed by atoms with Crippen LogP contribution in [-0.4, -0.2) is 49.7 Å². The second-order valence-corrected chi connectivity index (χ2v) is 7.52. The van der Waals surface area contributed by atoms with E-state index >= 15 is 0 Å². The molecule has 0 saturated carbocycles. The van der Waals surface area contributed by atoms with Crippen LogP contribution in [0.25, 0.3) is 0 Å². The number of para-hydroxylation sites is 2. The van der Waals surface area contributed by atoms with Crippen molar-refractivity contribution in [1.82, 2.24) is 10.2 Å². The van der Waals surface area contributed by atoms with E-state index in [9.17, 15) is 14.0 Å². The van der Waals surface area contributed by atoms with E-state index in [1.165, 1.54) is 12.1 Å². The predicted octanol–water partition coefficient (Wildman–Crippen LogP) is 3.60. The smallest absolute Gasteiger partial charge is 0.322 e. The van der Waals surface area contributed by atoms with Gasteiger partial charge in [0.15, 0.2) is 0 Å². The van der Waals surface area contributed by atoms with Crippen molar-refractivity contribution >= 4 is 23.4 Å². The first-order chi connectivity index (χ1) is 14.5. The van der Waals surface area contributed by atoms with Gasteiger partial charge >= 0.3 is 12.1 Å². The SMILES string of the molecule is COc1ccccc1NC(=O)N1CCC(NC(=O)N2CCc3cc(F)ccc32)CC1. The molecule has 2 aromatic rings. The summed E-state index contributed by atoms with van der Waals surface area (Å²) in [6.45, 7) is 1.65. The quantitative estimate of drug-likeness (QED) is 0.809. The number of methoxy groups -OCH3 is 1. The van der Waals surface area contributed by atoms with Crippen molar-refractivity contribution < 1.29 is 18.7 Å². The summed E-state index contributed by atoms with van der Waals surface area (Å²) < 4.78 is 18.6. The zero-order valence-corrected chi connectivity index (χ0v) is 16.9. The van der Waals surface area contributed by atoms with Crippen LogP contribution in [0.1, 0.15) is 18.4 Å². The number of piperidine rings is 1. The molecule has 4 amide bonds. The van der Waals surface area contributed by atoms with Gasteiger partial charge in [-0.25, -0.2) is 14.0 Å². The van der Waals surface area contributed by atoms with Crippen LogP contribution in [0.5, 0.6) is 5.75 Å². The summed E-state index contributed by atoms with van der Waals surface area (Å²) in [5.41, 5.74) is 2.25. The molecule has 0 aromatic heterocycles. The molecule has 2 aromatic carbocycles. The third-order valence-corrected chi connectivity index (χ3v) is 5.64. The fourth-order valence-corrected chi connectivity index (χ4v) is 4.00. The molecule has 2 heterocycles. The molecular weight excluding hydrogens is 387 g/mol. The van der Waals surface area contributed by atoms with Crippen LogP contribution in [0.3, 0.4) is 0 Å². The lowest BCUT2D eigenvalue weighted by Crippen LogP contribution is -2.50. The van der Waals surface area contributed by atoms with Crippen molar-refractivity contribution in [1.29, 1.82) is 0 Å². The molecule has 4 rings (SSSR count). The molecule has 8 heteroatoms. The number of amides is 4. The van der Waals surface area contributed by atoms with Gasteiger partial charge in [-0.05, 0) is 55.2 Å². The van der Waals surface area contributed by atoms with E-state index in [0.717, 1.165) is 11.3 Å². The number of rotatable bonds is 3. The van der Waals surface area contributed by atoms with Gasteiger partial charge in [0.2, 0.25) is 0 Å². The number of carbonyl (C=O) groups excluding carboxylic acids is 2. The number of halogens is 1. The molecule has 2 N–H and O–H groups in total. The monoisotopic (exact) mass is 412 g/mol. The van der Waals surface area contributed by atoms with E-state index in [1.54, 1.807) is 35.1 Å². The maximum absolute atomic E-state index is 13.4. The number of anilines is 2. The van der Waals surface area contributed by atoms with Gasteiger partial charge in [-0.15, -0.1) is 0 Å². The molecule has 7 nitrogen and oxygen atoms in total. The normalized spacial score (nSPS) is 16.2. The van der Waals surface area contributed by atoms with E-state index in [0.29, 0.717) is 50.3 Å². The number of ether oxygens (including phenoxy) is 1. The van der Waals surface area contributed by atoms with E-state index in [2.05, 4.69) is 10.6 Å². The van der Waals surface area contributed by atoms with Crippen molar-refractivity contribution in [2.75, 3.05) is 37.0 Å². The van der Waals surface area contributed by atoms with Gasteiger partial charge in [0.25, 0.3) is 0 Å². The number of hydrogen-bond donors (Lipinski definition) is 2. The van der Waals surface area contributed by atoms with E-state index in [-0.39, 0.29) is 23.9 Å². The highest BCUT2D eigenvalue weighted by molar-refractivity contribution is 5.94. The average molecular weight is 412 g/mol. The van der Waals surface area contributed by atoms with Crippen LogP contribution in [0.4, 0.5) is 25.4 Å². The summed E-state index contributed by atoms with van der Waals surface area (Å²) in [6, 6.07) is 11.4. The van der Waals surface area contributed by atoms with Crippen LogP contribution in [-0.2, 0) is 6.42 Å². The van der Waals surface area contributed by atoms with E-state index in [1.807, 2.05) is 12.1 Å². The molecule has 30 heavy (non-hydrogen) atoms. The van der Waals surface area contributed by atoms with Gasteiger partial charge in [-0.1, -0.05) is 12.1 Å². The second-order valence-electron chi connectivity index (χ2n) is 7.52. The number of nitrogens with zero attached hydrogens (tertiary/aromatic N) is 2. The Morgan fingerprint density at radius 2 is 1.83 bits per heavy atom. The highest BCUT2D eigenvalue weighted by Gasteiger charge is 2.29. The maximum atomic E-state index is 13.4. The van der Waals surface area contributed by atoms with Gasteiger partial charge in [0.1, 0.15) is 11.6 Å². The van der Waals surface area contributed by atoms with Crippen molar-refractivity contribution in [2.45, 2.75) is 25.3 Å². The minimum atomic E-state index is -0.283. The minimum Gasteiger partial charge on any atom is -0.495 e. The number of carbonyl (C=O) groups is 2. The lowest BCUT2D eigenvalue weighted by atomic mass is 10.1. The minimum absolute atomic E-state index is 0.00249. The Morgan fingerprint density at radius 1 is 1.07 bits per heavy atom. The Labute approximate surface area is 174 Å². The summed E-state index contributed by atoms with van der Waals surface area (Å²) in [5, 5.41) is 5.94. The number of fused-ring (bicyclic) bond motifs is 1. The first-order valence-electron chi connectivity index (χ1n) is 10.1. The van der Waals surface area contributed by atoms with Crippen molar-refractivity contribution in [3.05, 3.63) is 53.8 Å². The number of hydrogen-bond acceptors (Lipinski definition) is 3. The van der Waals surface area contributed by atoms with Crippen LogP contribution >= 0.6 is 0 Å². The molecule has 0 unspecified atom stereocenters. The number of nitrogens with one attached hydrogen (secondary N) is 2. The predicted molar refractivity (Wildman–Crippen MR) is 113 cm³/mol. The molecule has 158 valence electrons. The summed E-state index contributed by atoms with van der Waals surface area (Å²) in [5.74, 6) is 0.327. The van der Waals surface area contributed by atoms with Crippen LogP contribution in [0.2, 0.25) is 0 Å². The molecule has 1 fully saturated rings. The molecule has 0 radical (unpaired) electrons. The molecule has 0 bridgehead atoms. The molecule has 2 aliphatic heterocycles. The first kappa shape index (κ1) is 20.0. The number of urea groups is 2. The maximum Gasteiger partial charge on any atom is 0.322 e. The van der Waals surface area contributed by atoms with Gasteiger partial charge in [-0.2, -0.15) is 0 Å². The third kappa shape index (κ3) is 4.17. The topological polar surface area (TPSA) is 73.9 Å². The Bertz CT molecular complexity index is 944. The molecule has 0 aliphatic carbocycles. The molecule has 1 saturated heterocycles. The summed E-state index contributed by atoms with van der Waals surface area (Å²) >= 11 is 0. The zero-order valence-electron chi connectivity index (χ0n) is 16.9. The number of benzene rings is 2. The van der Waals surface area contributed by atoms with Gasteiger partial charge in [-0.3, -0.25) is 4.90 Å². The van der Waals surface area contributed by atoms with Gasteiger partial charge in [0.05, 0.1) is 12.8 Å². The van der Waals surface area contributed by atoms with Crippen LogP contribution in [0.15, 0.2) is 42.5 Å². The first-order valence-corrected chi connectivity index (χ1v) is 10.1. The third-order valence-electron chi connectivity index (χ3n) is 5.64. The van der Waals surface area contributed by atoms with Gasteiger partial charge in [0, 0.05) is 31.4 Å². The Kier molecular flexibility index (Phi) is 5.74. The highest BCUT2D eigenvalue weighted by Crippen LogP contribution is 2.29. The summed E-state index contributed by atoms with van der Waals surface area (Å²) in [6.07, 6.45) is 2.01. The summed E-state index contributed by atoms with van der Waals surface area (Å²) in [4.78, 5) is 28.7. The van der Waals surface area contributed by atoms with E-state index < -0.39 is 0 Å². The molecule has 0 atom stereocenters. The second kappa shape index (κ2) is 8.61. The van der Waals surface area contributed by atoms with Crippen molar-refractivity contribution in [3.8, 4) is 5.75 Å². The molecule has 0 spiro atoms. The van der Waals surface area contributed by atoms with Gasteiger partial charge < -0.3 is 20.3 Å². The zero-order chi connectivity index (χ0) is 21.1. The van der Waals surface area contributed by atoms with E-state index in [4.69, 9.17) is 4.74 Å². The lowest BCUT2D eigenvalue weighted by molar-refractivity contribution is 0.188. The van der Waals surface area contributed by atoms with Crippen LogP contribution < -0.4 is 20.3 Å². The largest absolute Gasteiger partial charge is 0.495 e. The van der Waals surface area contributed by atoms with Crippen LogP contribution in [0, 0.1) is 5.82 Å². The standard InChI is InChI=1S/C22H25FN4O3/c1-30-20-5-3-2-4-18(20)25-21(28)26-11-9-17(10-12-26)24-22(29)27-13-8-15-14-16(23)6-7-19(15)27/h2-7,14,17H,8-13H2,1H3,(H,24,29)(H,25,28). The van der Waals surface area contributed by atoms with Crippen molar-refractivity contribution in [3.63, 3.8) is 0 Å². The molecular formula is C22H25FN4O3. The van der Waals surface area contributed by atoms with Crippen molar-refractivity contribution in [2.24, 2.45) is 0 Å². The fraction of sp³-hybridized carbons (Fsp3) is 0.364. The lowest BCUT2D eigenvalue weighted by Gasteiger charge is -2.33. The Morgan fingerprint density at radius 3 is 2.60 bits per heavy atom. The number of likely N-dealkylation sites (tertiary alicyclic amines) is 1. The molecule has 2 aliphatic rings. The summed E-state index contributed by atoms with van der Waals surface area (Å²) in [7, 11) is 1.56. The average Bonchev–Trinajstić information content (AvgIpc) is 3.17. The fourth-order valence-electron chi connectivity index (χ4n) is 4.00.